The molecule has 0 spiro atoms. The number of carbonyl (C=O) groups excluding carboxylic acids is 1. The molecule has 1 aliphatic rings. The van der Waals surface area contributed by atoms with Gasteiger partial charge in [-0.05, 0) is 37.5 Å². The summed E-state index contributed by atoms with van der Waals surface area (Å²) in [5.74, 6) is -0.260. The zero-order valence-corrected chi connectivity index (χ0v) is 13.0. The van der Waals surface area contributed by atoms with Crippen LogP contribution in [-0.4, -0.2) is 26.8 Å². The summed E-state index contributed by atoms with van der Waals surface area (Å²) in [5.41, 5.74) is 2.13. The van der Waals surface area contributed by atoms with E-state index in [0.29, 0.717) is 17.8 Å². The van der Waals surface area contributed by atoms with Gasteiger partial charge in [-0.1, -0.05) is 18.9 Å². The fraction of sp³-hybridized carbons (Fsp3) is 0.353. The predicted molar refractivity (Wildman–Crippen MR) is 85.8 cm³/mol. The Bertz CT molecular complexity index is 747. The molecule has 0 saturated heterocycles. The minimum Gasteiger partial charge on any atom is -0.478 e. The first-order valence-electron chi connectivity index (χ1n) is 7.73. The van der Waals surface area contributed by atoms with Crippen molar-refractivity contribution < 1.29 is 14.7 Å². The second-order valence-electron chi connectivity index (χ2n) is 5.94. The maximum absolute atomic E-state index is 11.9. The van der Waals surface area contributed by atoms with Gasteiger partial charge in [0.05, 0.1) is 17.6 Å². The highest BCUT2D eigenvalue weighted by Crippen LogP contribution is 2.33. The number of anilines is 1. The molecule has 0 atom stereocenters. The molecule has 1 aromatic heterocycles. The average molecular weight is 313 g/mol. The Hall–Kier alpha value is -2.63. The Morgan fingerprint density at radius 2 is 2.17 bits per heavy atom. The molecular formula is C17H19N3O3. The smallest absolute Gasteiger partial charge is 0.339 e. The lowest BCUT2D eigenvalue weighted by Crippen LogP contribution is -2.12. The predicted octanol–water partition coefficient (Wildman–Crippen LogP) is 3.01. The van der Waals surface area contributed by atoms with E-state index in [1.54, 1.807) is 17.7 Å². The van der Waals surface area contributed by atoms with Crippen molar-refractivity contribution >= 4 is 17.6 Å². The second-order valence-corrected chi connectivity index (χ2v) is 5.94. The third-order valence-electron chi connectivity index (χ3n) is 4.09. The van der Waals surface area contributed by atoms with Gasteiger partial charge in [0, 0.05) is 12.1 Å². The second kappa shape index (κ2) is 6.24. The van der Waals surface area contributed by atoms with Gasteiger partial charge in [-0.15, -0.1) is 0 Å². The van der Waals surface area contributed by atoms with E-state index < -0.39 is 5.97 Å². The fourth-order valence-electron chi connectivity index (χ4n) is 2.56. The van der Waals surface area contributed by atoms with Gasteiger partial charge in [-0.2, -0.15) is 5.10 Å². The molecule has 1 fully saturated rings. The summed E-state index contributed by atoms with van der Waals surface area (Å²) in [6.45, 7) is 1.71. The summed E-state index contributed by atoms with van der Waals surface area (Å²) in [6, 6.07) is 7.25. The monoisotopic (exact) mass is 313 g/mol. The van der Waals surface area contributed by atoms with Gasteiger partial charge in [0.1, 0.15) is 5.56 Å². The molecule has 1 aliphatic carbocycles. The maximum atomic E-state index is 11.9. The standard InChI is InChI=1S/C17H19N3O3/c1-11-15(17(22)23)10-18-20(11)14-4-2-3-13(9-14)19-16(21)8-7-12-5-6-12/h2-4,9-10,12H,5-8H2,1H3,(H,19,21)(H,22,23). The van der Waals surface area contributed by atoms with Crippen molar-refractivity contribution in [1.82, 2.24) is 9.78 Å². The minimum absolute atomic E-state index is 0.0115. The average Bonchev–Trinajstić information content (AvgIpc) is 3.26. The Kier molecular flexibility index (Phi) is 4.14. The first-order chi connectivity index (χ1) is 11.0. The van der Waals surface area contributed by atoms with Crippen LogP contribution < -0.4 is 5.32 Å². The van der Waals surface area contributed by atoms with Gasteiger partial charge in [-0.25, -0.2) is 9.48 Å². The highest BCUT2D eigenvalue weighted by atomic mass is 16.4. The third kappa shape index (κ3) is 3.59. The quantitative estimate of drug-likeness (QED) is 0.858. The number of hydrogen-bond donors (Lipinski definition) is 2. The van der Waals surface area contributed by atoms with E-state index in [0.717, 1.165) is 18.0 Å². The number of hydrogen-bond acceptors (Lipinski definition) is 3. The van der Waals surface area contributed by atoms with Gasteiger partial charge < -0.3 is 10.4 Å². The molecule has 6 heteroatoms. The molecule has 1 amide bonds. The molecule has 0 radical (unpaired) electrons. The first-order valence-corrected chi connectivity index (χ1v) is 7.73. The van der Waals surface area contributed by atoms with E-state index in [9.17, 15) is 9.59 Å². The highest BCUT2D eigenvalue weighted by Gasteiger charge is 2.21. The molecule has 6 nitrogen and oxygen atoms in total. The molecule has 120 valence electrons. The van der Waals surface area contributed by atoms with Gasteiger partial charge in [0.2, 0.25) is 5.91 Å². The number of amides is 1. The van der Waals surface area contributed by atoms with Crippen molar-refractivity contribution in [2.24, 2.45) is 5.92 Å². The largest absolute Gasteiger partial charge is 0.478 e. The zero-order valence-electron chi connectivity index (χ0n) is 13.0. The SMILES string of the molecule is Cc1c(C(=O)O)cnn1-c1cccc(NC(=O)CCC2CC2)c1. The maximum Gasteiger partial charge on any atom is 0.339 e. The van der Waals surface area contributed by atoms with Gasteiger partial charge in [0.15, 0.2) is 0 Å². The molecule has 23 heavy (non-hydrogen) atoms. The van der Waals surface area contributed by atoms with Crippen molar-refractivity contribution in [3.05, 3.63) is 41.7 Å². The van der Waals surface area contributed by atoms with Crippen molar-refractivity contribution in [2.75, 3.05) is 5.32 Å². The Labute approximate surface area is 134 Å². The summed E-state index contributed by atoms with van der Waals surface area (Å²) < 4.78 is 1.56. The summed E-state index contributed by atoms with van der Waals surface area (Å²) in [4.78, 5) is 23.0. The number of rotatable bonds is 6. The molecule has 0 unspecified atom stereocenters. The van der Waals surface area contributed by atoms with Crippen molar-refractivity contribution in [3.63, 3.8) is 0 Å². The molecule has 2 N–H and O–H groups in total. The molecular weight excluding hydrogens is 294 g/mol. The number of carboxylic acid groups (broad SMARTS) is 1. The minimum atomic E-state index is -1.00. The van der Waals surface area contributed by atoms with Crippen LogP contribution >= 0.6 is 0 Å². The van der Waals surface area contributed by atoms with Gasteiger partial charge in [0.25, 0.3) is 0 Å². The van der Waals surface area contributed by atoms with Crippen molar-refractivity contribution in [2.45, 2.75) is 32.6 Å². The van der Waals surface area contributed by atoms with Crippen molar-refractivity contribution in [1.29, 1.82) is 0 Å². The van der Waals surface area contributed by atoms with E-state index in [1.807, 2.05) is 18.2 Å². The molecule has 1 aromatic carbocycles. The van der Waals surface area contributed by atoms with E-state index in [1.165, 1.54) is 19.0 Å². The van der Waals surface area contributed by atoms with Crippen LogP contribution in [0.25, 0.3) is 5.69 Å². The van der Waals surface area contributed by atoms with E-state index in [4.69, 9.17) is 5.11 Å². The van der Waals surface area contributed by atoms with Crippen molar-refractivity contribution in [3.8, 4) is 5.69 Å². The van der Waals surface area contributed by atoms with Crippen LogP contribution in [0.2, 0.25) is 0 Å². The lowest BCUT2D eigenvalue weighted by molar-refractivity contribution is -0.116. The van der Waals surface area contributed by atoms with Gasteiger partial charge in [-0.3, -0.25) is 4.79 Å². The molecule has 0 aliphatic heterocycles. The summed E-state index contributed by atoms with van der Waals surface area (Å²) in [5, 5.41) is 16.1. The molecule has 0 bridgehead atoms. The lowest BCUT2D eigenvalue weighted by Gasteiger charge is -2.09. The van der Waals surface area contributed by atoms with Crippen LogP contribution in [-0.2, 0) is 4.79 Å². The Balaban J connectivity index is 1.74. The molecule has 3 rings (SSSR count). The van der Waals surface area contributed by atoms with Crippen LogP contribution in [0.5, 0.6) is 0 Å². The highest BCUT2D eigenvalue weighted by molar-refractivity contribution is 5.91. The summed E-state index contributed by atoms with van der Waals surface area (Å²) in [6.07, 6.45) is 5.31. The van der Waals surface area contributed by atoms with Crippen LogP contribution in [0.15, 0.2) is 30.5 Å². The van der Waals surface area contributed by atoms with Crippen LogP contribution in [0.4, 0.5) is 5.69 Å². The zero-order chi connectivity index (χ0) is 16.4. The number of nitrogens with one attached hydrogen (secondary N) is 1. The summed E-state index contributed by atoms with van der Waals surface area (Å²) in [7, 11) is 0. The third-order valence-corrected chi connectivity index (χ3v) is 4.09. The van der Waals surface area contributed by atoms with E-state index in [-0.39, 0.29) is 11.5 Å². The number of carbonyl (C=O) groups is 2. The molecule has 1 heterocycles. The summed E-state index contributed by atoms with van der Waals surface area (Å²) >= 11 is 0. The van der Waals surface area contributed by atoms with Gasteiger partial charge >= 0.3 is 5.97 Å². The fourth-order valence-corrected chi connectivity index (χ4v) is 2.56. The number of benzene rings is 1. The van der Waals surface area contributed by atoms with E-state index in [2.05, 4.69) is 10.4 Å². The number of aromatic nitrogens is 2. The molecule has 2 aromatic rings. The molecule has 1 saturated carbocycles. The first kappa shape index (κ1) is 15.3. The van der Waals surface area contributed by atoms with E-state index >= 15 is 0 Å². The van der Waals surface area contributed by atoms with Crippen LogP contribution in [0.3, 0.4) is 0 Å². The Morgan fingerprint density at radius 1 is 1.39 bits per heavy atom. The lowest BCUT2D eigenvalue weighted by atomic mass is 10.2. The number of aromatic carboxylic acids is 1. The number of nitrogens with zero attached hydrogens (tertiary/aromatic N) is 2. The normalized spacial score (nSPS) is 13.8. The number of carboxylic acids is 1. The topological polar surface area (TPSA) is 84.2 Å². The Morgan fingerprint density at radius 3 is 2.83 bits per heavy atom. The van der Waals surface area contributed by atoms with Crippen LogP contribution in [0, 0.1) is 12.8 Å². The van der Waals surface area contributed by atoms with Crippen LogP contribution in [0.1, 0.15) is 41.7 Å².